The average molecular weight is 341 g/mol. The number of likely N-dealkylation sites (tertiary alicyclic amines) is 1. The Labute approximate surface area is 147 Å². The Morgan fingerprint density at radius 3 is 2.52 bits per heavy atom. The van der Waals surface area contributed by atoms with E-state index in [2.05, 4.69) is 11.4 Å². The van der Waals surface area contributed by atoms with E-state index in [0.29, 0.717) is 24.9 Å². The summed E-state index contributed by atoms with van der Waals surface area (Å²) in [5, 5.41) is 22.4. The Morgan fingerprint density at radius 2 is 1.96 bits per heavy atom. The fourth-order valence-corrected chi connectivity index (χ4v) is 3.52. The number of nitrogens with one attached hydrogen (secondary N) is 1. The maximum atomic E-state index is 12.7. The van der Waals surface area contributed by atoms with Crippen LogP contribution in [0.1, 0.15) is 48.0 Å². The van der Waals surface area contributed by atoms with Crippen molar-refractivity contribution in [3.05, 3.63) is 35.4 Å². The Morgan fingerprint density at radius 1 is 1.28 bits per heavy atom. The summed E-state index contributed by atoms with van der Waals surface area (Å²) in [5.74, 6) is -0.379. The topological polar surface area (TPSA) is 93.4 Å². The van der Waals surface area contributed by atoms with Crippen molar-refractivity contribution < 1.29 is 14.7 Å². The van der Waals surface area contributed by atoms with E-state index in [1.54, 1.807) is 17.0 Å². The molecule has 2 N–H and O–H groups in total. The Kier molecular flexibility index (Phi) is 4.53. The molecule has 1 aliphatic heterocycles. The summed E-state index contributed by atoms with van der Waals surface area (Å²) < 4.78 is 0. The third kappa shape index (κ3) is 3.52. The largest absolute Gasteiger partial charge is 0.388 e. The number of carbonyl (C=O) groups excluding carboxylic acids is 2. The van der Waals surface area contributed by atoms with E-state index in [4.69, 9.17) is 0 Å². The molecule has 2 aliphatic rings. The molecular formula is C19H23N3O3. The van der Waals surface area contributed by atoms with Crippen molar-refractivity contribution in [2.45, 2.75) is 43.1 Å². The molecule has 1 aliphatic carbocycles. The van der Waals surface area contributed by atoms with Crippen LogP contribution >= 0.6 is 0 Å². The highest BCUT2D eigenvalue weighted by molar-refractivity contribution is 5.94. The number of β-amino-alcohol motifs (C(OH)–C–C–N with tert-alkyl or cyclic N) is 1. The fourth-order valence-electron chi connectivity index (χ4n) is 3.52. The highest BCUT2D eigenvalue weighted by atomic mass is 16.3. The van der Waals surface area contributed by atoms with Crippen LogP contribution in [-0.2, 0) is 10.2 Å². The molecule has 0 bridgehead atoms. The van der Waals surface area contributed by atoms with Gasteiger partial charge in [-0.2, -0.15) is 5.26 Å². The molecule has 2 fully saturated rings. The van der Waals surface area contributed by atoms with Crippen molar-refractivity contribution >= 4 is 11.8 Å². The van der Waals surface area contributed by atoms with Gasteiger partial charge in [-0.05, 0) is 43.4 Å². The molecule has 0 radical (unpaired) electrons. The summed E-state index contributed by atoms with van der Waals surface area (Å²) >= 11 is 0. The van der Waals surface area contributed by atoms with Crippen LogP contribution in [0.3, 0.4) is 0 Å². The average Bonchev–Trinajstić information content (AvgIpc) is 3.42. The zero-order valence-electron chi connectivity index (χ0n) is 14.4. The van der Waals surface area contributed by atoms with E-state index in [1.807, 2.05) is 12.1 Å². The van der Waals surface area contributed by atoms with Crippen molar-refractivity contribution in [3.63, 3.8) is 0 Å². The van der Waals surface area contributed by atoms with Gasteiger partial charge in [0, 0.05) is 19.2 Å². The van der Waals surface area contributed by atoms with E-state index < -0.39 is 5.60 Å². The van der Waals surface area contributed by atoms with Gasteiger partial charge in [0.1, 0.15) is 0 Å². The molecule has 1 atom stereocenters. The minimum atomic E-state index is -1.17. The van der Waals surface area contributed by atoms with E-state index >= 15 is 0 Å². The zero-order valence-corrected chi connectivity index (χ0v) is 14.4. The first-order valence-corrected chi connectivity index (χ1v) is 8.65. The first-order chi connectivity index (χ1) is 11.9. The minimum Gasteiger partial charge on any atom is -0.388 e. The van der Waals surface area contributed by atoms with E-state index in [1.165, 1.54) is 7.05 Å². The molecule has 2 amide bonds. The summed E-state index contributed by atoms with van der Waals surface area (Å²) in [4.78, 5) is 25.9. The lowest BCUT2D eigenvalue weighted by Gasteiger charge is -2.38. The van der Waals surface area contributed by atoms with Gasteiger partial charge in [0.2, 0.25) is 5.91 Å². The first-order valence-electron chi connectivity index (χ1n) is 8.65. The molecule has 1 aromatic carbocycles. The Hall–Kier alpha value is -2.39. The molecule has 25 heavy (non-hydrogen) atoms. The van der Waals surface area contributed by atoms with Crippen LogP contribution < -0.4 is 5.32 Å². The number of carbonyl (C=O) groups is 2. The van der Waals surface area contributed by atoms with Crippen LogP contribution in [0.25, 0.3) is 0 Å². The number of aliphatic hydroxyl groups is 1. The SMILES string of the molecule is CNC(=O)CC1(O)CCCN(C(=O)c2ccc(C3(C#N)CC3)cc2)C1. The normalized spacial score (nSPS) is 24.3. The minimum absolute atomic E-state index is 0.00307. The first kappa shape index (κ1) is 17.4. The Bertz CT molecular complexity index is 718. The number of benzene rings is 1. The molecule has 1 heterocycles. The molecule has 6 heteroatoms. The second-order valence-corrected chi connectivity index (χ2v) is 7.18. The lowest BCUT2D eigenvalue weighted by atomic mass is 9.88. The number of nitrogens with zero attached hydrogens (tertiary/aromatic N) is 2. The van der Waals surface area contributed by atoms with Crippen molar-refractivity contribution in [1.29, 1.82) is 5.26 Å². The molecule has 132 valence electrons. The summed E-state index contributed by atoms with van der Waals surface area (Å²) in [6.45, 7) is 0.724. The monoisotopic (exact) mass is 341 g/mol. The number of rotatable bonds is 4. The molecule has 3 rings (SSSR count). The van der Waals surface area contributed by atoms with Gasteiger partial charge in [-0.1, -0.05) is 12.1 Å². The summed E-state index contributed by atoms with van der Waals surface area (Å²) in [5.41, 5.74) is -0.0317. The third-order valence-electron chi connectivity index (χ3n) is 5.26. The van der Waals surface area contributed by atoms with Gasteiger partial charge >= 0.3 is 0 Å². The Balaban J connectivity index is 1.70. The van der Waals surface area contributed by atoms with Crippen LogP contribution in [0.2, 0.25) is 0 Å². The predicted molar refractivity (Wildman–Crippen MR) is 91.7 cm³/mol. The van der Waals surface area contributed by atoms with Crippen molar-refractivity contribution in [3.8, 4) is 6.07 Å². The standard InChI is InChI=1S/C19H23N3O3/c1-21-16(23)11-19(25)7-2-10-22(13-19)17(24)14-3-5-15(6-4-14)18(12-20)8-9-18/h3-6,25H,2,7-11,13H2,1H3,(H,21,23). The van der Waals surface area contributed by atoms with Gasteiger partial charge in [0.25, 0.3) is 5.91 Å². The van der Waals surface area contributed by atoms with Gasteiger partial charge in [-0.25, -0.2) is 0 Å². The second kappa shape index (κ2) is 6.49. The number of hydrogen-bond donors (Lipinski definition) is 2. The molecule has 6 nitrogen and oxygen atoms in total. The highest BCUT2D eigenvalue weighted by Gasteiger charge is 2.45. The van der Waals surface area contributed by atoms with Crippen molar-refractivity contribution in [1.82, 2.24) is 10.2 Å². The number of nitriles is 1. The maximum absolute atomic E-state index is 12.7. The van der Waals surface area contributed by atoms with Crippen LogP contribution in [0.4, 0.5) is 0 Å². The van der Waals surface area contributed by atoms with Crippen LogP contribution in [0, 0.1) is 11.3 Å². The summed E-state index contributed by atoms with van der Waals surface area (Å²) in [7, 11) is 1.53. The molecule has 1 saturated carbocycles. The molecule has 1 saturated heterocycles. The van der Waals surface area contributed by atoms with E-state index in [-0.39, 0.29) is 30.2 Å². The van der Waals surface area contributed by atoms with Gasteiger partial charge in [0.05, 0.1) is 30.1 Å². The summed E-state index contributed by atoms with van der Waals surface area (Å²) in [6.07, 6.45) is 2.91. The van der Waals surface area contributed by atoms with Crippen LogP contribution in [0.15, 0.2) is 24.3 Å². The van der Waals surface area contributed by atoms with Gasteiger partial charge in [0.15, 0.2) is 0 Å². The number of amides is 2. The van der Waals surface area contributed by atoms with E-state index in [0.717, 1.165) is 18.4 Å². The maximum Gasteiger partial charge on any atom is 0.253 e. The van der Waals surface area contributed by atoms with Gasteiger partial charge in [-0.15, -0.1) is 0 Å². The zero-order chi connectivity index (χ0) is 18.1. The lowest BCUT2D eigenvalue weighted by molar-refractivity contribution is -0.127. The molecule has 0 spiro atoms. The molecular weight excluding hydrogens is 318 g/mol. The van der Waals surface area contributed by atoms with Gasteiger partial charge in [-0.3, -0.25) is 9.59 Å². The quantitative estimate of drug-likeness (QED) is 0.864. The van der Waals surface area contributed by atoms with Crippen molar-refractivity contribution in [2.24, 2.45) is 0 Å². The van der Waals surface area contributed by atoms with Crippen molar-refractivity contribution in [2.75, 3.05) is 20.1 Å². The third-order valence-corrected chi connectivity index (χ3v) is 5.26. The fraction of sp³-hybridized carbons (Fsp3) is 0.526. The van der Waals surface area contributed by atoms with E-state index in [9.17, 15) is 20.0 Å². The number of piperidine rings is 1. The molecule has 1 unspecified atom stereocenters. The molecule has 1 aromatic rings. The second-order valence-electron chi connectivity index (χ2n) is 7.18. The van der Waals surface area contributed by atoms with Crippen LogP contribution in [-0.4, -0.2) is 47.6 Å². The lowest BCUT2D eigenvalue weighted by Crippen LogP contribution is -2.52. The van der Waals surface area contributed by atoms with Crippen LogP contribution in [0.5, 0.6) is 0 Å². The highest BCUT2D eigenvalue weighted by Crippen LogP contribution is 2.47. The number of hydrogen-bond acceptors (Lipinski definition) is 4. The molecule has 0 aromatic heterocycles. The smallest absolute Gasteiger partial charge is 0.253 e. The van der Waals surface area contributed by atoms with Gasteiger partial charge < -0.3 is 15.3 Å². The summed E-state index contributed by atoms with van der Waals surface area (Å²) in [6, 6.07) is 9.55. The predicted octanol–water partition coefficient (Wildman–Crippen LogP) is 1.34.